The second-order valence-electron chi connectivity index (χ2n) is 3.70. The Labute approximate surface area is 75.5 Å². The van der Waals surface area contributed by atoms with Crippen LogP contribution in [0.25, 0.3) is 0 Å². The molecule has 1 fully saturated rings. The number of carboxylic acid groups (broad SMARTS) is 1. The summed E-state index contributed by atoms with van der Waals surface area (Å²) in [4.78, 5) is 10.8. The zero-order chi connectivity index (χ0) is 9.41. The maximum absolute atomic E-state index is 13.9. The molecule has 4 heteroatoms. The average molecular weight is 192 g/mol. The third kappa shape index (κ3) is 1.32. The smallest absolute Gasteiger partial charge is 0.312 e. The second-order valence-corrected chi connectivity index (χ2v) is 4.80. The SMILES string of the molecule is CC(C)(C(=O)O)C1(F)CCSC1. The van der Waals surface area contributed by atoms with Crippen LogP contribution in [-0.4, -0.2) is 28.3 Å². The van der Waals surface area contributed by atoms with E-state index in [1.54, 1.807) is 0 Å². The summed E-state index contributed by atoms with van der Waals surface area (Å²) in [5.41, 5.74) is -2.78. The molecule has 0 spiro atoms. The first-order valence-electron chi connectivity index (χ1n) is 3.90. The third-order valence-electron chi connectivity index (χ3n) is 2.63. The van der Waals surface area contributed by atoms with E-state index < -0.39 is 17.1 Å². The van der Waals surface area contributed by atoms with Crippen molar-refractivity contribution in [1.82, 2.24) is 0 Å². The Morgan fingerprint density at radius 1 is 1.67 bits per heavy atom. The van der Waals surface area contributed by atoms with Crippen LogP contribution in [-0.2, 0) is 4.79 Å². The third-order valence-corrected chi connectivity index (χ3v) is 3.78. The molecule has 0 aliphatic carbocycles. The first-order chi connectivity index (χ1) is 5.40. The van der Waals surface area contributed by atoms with Crippen LogP contribution in [0.4, 0.5) is 4.39 Å². The van der Waals surface area contributed by atoms with E-state index in [0.29, 0.717) is 12.2 Å². The number of carboxylic acids is 1. The summed E-state index contributed by atoms with van der Waals surface area (Å²) in [6.45, 7) is 2.92. The Kier molecular flexibility index (Phi) is 2.38. The van der Waals surface area contributed by atoms with Crippen molar-refractivity contribution in [2.24, 2.45) is 5.41 Å². The lowest BCUT2D eigenvalue weighted by molar-refractivity contribution is -0.155. The molecule has 12 heavy (non-hydrogen) atoms. The van der Waals surface area contributed by atoms with Gasteiger partial charge >= 0.3 is 5.97 Å². The summed E-state index contributed by atoms with van der Waals surface area (Å²) in [5.74, 6) is -0.00743. The standard InChI is InChI=1S/C8H13FO2S/c1-7(2,6(10)11)8(9)3-4-12-5-8/h3-5H2,1-2H3,(H,10,11). The molecule has 0 saturated carbocycles. The average Bonchev–Trinajstić information content (AvgIpc) is 2.37. The van der Waals surface area contributed by atoms with Gasteiger partial charge in [-0.15, -0.1) is 0 Å². The van der Waals surface area contributed by atoms with Gasteiger partial charge in [-0.25, -0.2) is 4.39 Å². The highest BCUT2D eigenvalue weighted by Gasteiger charge is 2.52. The lowest BCUT2D eigenvalue weighted by atomic mass is 9.76. The molecule has 1 atom stereocenters. The summed E-state index contributed by atoms with van der Waals surface area (Å²) in [6.07, 6.45) is 0.358. The van der Waals surface area contributed by atoms with Gasteiger partial charge in [-0.05, 0) is 26.0 Å². The van der Waals surface area contributed by atoms with Crippen LogP contribution < -0.4 is 0 Å². The highest BCUT2D eigenvalue weighted by Crippen LogP contribution is 2.45. The van der Waals surface area contributed by atoms with Gasteiger partial charge < -0.3 is 5.11 Å². The maximum atomic E-state index is 13.9. The van der Waals surface area contributed by atoms with E-state index in [2.05, 4.69) is 0 Å². The van der Waals surface area contributed by atoms with Gasteiger partial charge in [0.15, 0.2) is 0 Å². The van der Waals surface area contributed by atoms with Crippen molar-refractivity contribution in [2.45, 2.75) is 25.9 Å². The van der Waals surface area contributed by atoms with Crippen molar-refractivity contribution < 1.29 is 14.3 Å². The van der Waals surface area contributed by atoms with Crippen molar-refractivity contribution in [3.8, 4) is 0 Å². The first kappa shape index (κ1) is 9.84. The normalized spacial score (nSPS) is 30.6. The maximum Gasteiger partial charge on any atom is 0.312 e. The summed E-state index contributed by atoms with van der Waals surface area (Å²) in [6, 6.07) is 0. The van der Waals surface area contributed by atoms with E-state index in [0.717, 1.165) is 5.75 Å². The molecule has 0 bridgehead atoms. The van der Waals surface area contributed by atoms with Crippen LogP contribution in [0.15, 0.2) is 0 Å². The van der Waals surface area contributed by atoms with E-state index in [-0.39, 0.29) is 0 Å². The zero-order valence-corrected chi connectivity index (χ0v) is 8.08. The molecular formula is C8H13FO2S. The number of thioether (sulfide) groups is 1. The minimum absolute atomic E-state index is 0.312. The van der Waals surface area contributed by atoms with Crippen LogP contribution in [0.5, 0.6) is 0 Å². The predicted octanol–water partition coefficient (Wildman–Crippen LogP) is 1.94. The van der Waals surface area contributed by atoms with Gasteiger partial charge in [0.25, 0.3) is 0 Å². The molecule has 1 saturated heterocycles. The molecule has 2 nitrogen and oxygen atoms in total. The van der Waals surface area contributed by atoms with E-state index in [1.807, 2.05) is 0 Å². The first-order valence-corrected chi connectivity index (χ1v) is 5.06. The van der Waals surface area contributed by atoms with Gasteiger partial charge in [0.2, 0.25) is 0 Å². The molecule has 70 valence electrons. The quantitative estimate of drug-likeness (QED) is 0.726. The molecule has 0 aromatic carbocycles. The van der Waals surface area contributed by atoms with Crippen LogP contribution in [0.2, 0.25) is 0 Å². The molecule has 0 radical (unpaired) electrons. The number of carbonyl (C=O) groups is 1. The molecule has 0 aromatic rings. The van der Waals surface area contributed by atoms with Crippen molar-refractivity contribution in [2.75, 3.05) is 11.5 Å². The highest BCUT2D eigenvalue weighted by molar-refractivity contribution is 7.99. The van der Waals surface area contributed by atoms with E-state index in [4.69, 9.17) is 5.11 Å². The summed E-state index contributed by atoms with van der Waals surface area (Å²) in [5, 5.41) is 8.82. The summed E-state index contributed by atoms with van der Waals surface area (Å²) >= 11 is 1.49. The molecular weight excluding hydrogens is 179 g/mol. The summed E-state index contributed by atoms with van der Waals surface area (Å²) < 4.78 is 13.9. The van der Waals surface area contributed by atoms with Crippen molar-refractivity contribution in [3.63, 3.8) is 0 Å². The Morgan fingerprint density at radius 2 is 2.25 bits per heavy atom. The molecule has 1 unspecified atom stereocenters. The van der Waals surface area contributed by atoms with Gasteiger partial charge in [-0.1, -0.05) is 0 Å². The molecule has 1 aliphatic heterocycles. The predicted molar refractivity (Wildman–Crippen MR) is 47.2 cm³/mol. The van der Waals surface area contributed by atoms with E-state index >= 15 is 0 Å². The number of alkyl halides is 1. The topological polar surface area (TPSA) is 37.3 Å². The largest absolute Gasteiger partial charge is 0.481 e. The number of halogens is 1. The Balaban J connectivity index is 2.85. The lowest BCUT2D eigenvalue weighted by Gasteiger charge is -2.32. The van der Waals surface area contributed by atoms with Crippen LogP contribution in [0.1, 0.15) is 20.3 Å². The van der Waals surface area contributed by atoms with Crippen LogP contribution >= 0.6 is 11.8 Å². The molecule has 0 amide bonds. The zero-order valence-electron chi connectivity index (χ0n) is 7.26. The fraction of sp³-hybridized carbons (Fsp3) is 0.875. The highest BCUT2D eigenvalue weighted by atomic mass is 32.2. The van der Waals surface area contributed by atoms with Crippen molar-refractivity contribution in [3.05, 3.63) is 0 Å². The minimum atomic E-state index is -1.52. The van der Waals surface area contributed by atoms with Crippen molar-refractivity contribution >= 4 is 17.7 Å². The summed E-state index contributed by atoms with van der Waals surface area (Å²) in [7, 11) is 0. The van der Waals surface area contributed by atoms with Crippen LogP contribution in [0, 0.1) is 5.41 Å². The number of hydrogen-bond acceptors (Lipinski definition) is 2. The lowest BCUT2D eigenvalue weighted by Crippen LogP contribution is -2.46. The van der Waals surface area contributed by atoms with E-state index in [9.17, 15) is 9.18 Å². The molecule has 1 heterocycles. The number of rotatable bonds is 2. The van der Waals surface area contributed by atoms with E-state index in [1.165, 1.54) is 25.6 Å². The van der Waals surface area contributed by atoms with Gasteiger partial charge in [0.1, 0.15) is 5.67 Å². The number of hydrogen-bond donors (Lipinski definition) is 1. The van der Waals surface area contributed by atoms with Crippen molar-refractivity contribution in [1.29, 1.82) is 0 Å². The van der Waals surface area contributed by atoms with Gasteiger partial charge in [-0.2, -0.15) is 11.8 Å². The Bertz CT molecular complexity index is 197. The van der Waals surface area contributed by atoms with Gasteiger partial charge in [-0.3, -0.25) is 4.79 Å². The Hall–Kier alpha value is -0.250. The fourth-order valence-corrected chi connectivity index (χ4v) is 2.67. The minimum Gasteiger partial charge on any atom is -0.481 e. The van der Waals surface area contributed by atoms with Crippen LogP contribution in [0.3, 0.4) is 0 Å². The monoisotopic (exact) mass is 192 g/mol. The van der Waals surface area contributed by atoms with Gasteiger partial charge in [0, 0.05) is 5.75 Å². The molecule has 0 aromatic heterocycles. The second kappa shape index (κ2) is 2.91. The molecule has 1 rings (SSSR count). The molecule has 1 aliphatic rings. The Morgan fingerprint density at radius 3 is 2.58 bits per heavy atom. The van der Waals surface area contributed by atoms with Gasteiger partial charge in [0.05, 0.1) is 5.41 Å². The molecule has 1 N–H and O–H groups in total. The fourth-order valence-electron chi connectivity index (χ4n) is 1.22. The number of aliphatic carboxylic acids is 1.